The molecule has 0 bridgehead atoms. The molecule has 0 aliphatic carbocycles. The third-order valence-corrected chi connectivity index (χ3v) is 3.52. The Morgan fingerprint density at radius 2 is 1.56 bits per heavy atom. The molecule has 0 saturated carbocycles. The Kier molecular flexibility index (Phi) is 13.5. The van der Waals surface area contributed by atoms with Crippen LogP contribution >= 0.6 is 15.9 Å². The summed E-state index contributed by atoms with van der Waals surface area (Å²) in [6.07, 6.45) is 16.0. The van der Waals surface area contributed by atoms with Crippen LogP contribution in [0, 0.1) is 0 Å². The van der Waals surface area contributed by atoms with E-state index in [0.717, 1.165) is 0 Å². The molecule has 0 aliphatic rings. The summed E-state index contributed by atoms with van der Waals surface area (Å²) in [5.41, 5.74) is 1.72. The molecule has 16 heavy (non-hydrogen) atoms. The largest absolute Gasteiger partial charge is 0.0928 e. The van der Waals surface area contributed by atoms with Crippen LogP contribution in [0.4, 0.5) is 0 Å². The van der Waals surface area contributed by atoms with E-state index in [1.165, 1.54) is 69.5 Å². The molecule has 0 nitrogen and oxygen atoms in total. The van der Waals surface area contributed by atoms with Crippen LogP contribution in [0.3, 0.4) is 0 Å². The Morgan fingerprint density at radius 1 is 0.875 bits per heavy atom. The molecule has 1 heteroatoms. The van der Waals surface area contributed by atoms with Crippen LogP contribution in [0.2, 0.25) is 0 Å². The van der Waals surface area contributed by atoms with E-state index in [2.05, 4.69) is 35.9 Å². The Bertz CT molecular complexity index is 161. The smallest absolute Gasteiger partial charge is 0.00313 e. The summed E-state index contributed by atoms with van der Waals surface area (Å²) in [5.74, 6) is 0. The lowest BCUT2D eigenvalue weighted by Gasteiger charge is -2.07. The normalized spacial score (nSPS) is 12.1. The Balaban J connectivity index is 3.65. The van der Waals surface area contributed by atoms with Gasteiger partial charge in [0.15, 0.2) is 0 Å². The summed E-state index contributed by atoms with van der Waals surface area (Å²) in [5, 5.41) is 1.17. The van der Waals surface area contributed by atoms with E-state index >= 15 is 0 Å². The highest BCUT2D eigenvalue weighted by atomic mass is 79.9. The van der Waals surface area contributed by atoms with E-state index in [1.807, 2.05) is 0 Å². The molecule has 0 aliphatic heterocycles. The van der Waals surface area contributed by atoms with Gasteiger partial charge >= 0.3 is 0 Å². The van der Waals surface area contributed by atoms with E-state index < -0.39 is 0 Å². The highest BCUT2D eigenvalue weighted by molar-refractivity contribution is 9.09. The van der Waals surface area contributed by atoms with Crippen LogP contribution in [0.25, 0.3) is 0 Å². The van der Waals surface area contributed by atoms with Crippen molar-refractivity contribution in [2.24, 2.45) is 0 Å². The van der Waals surface area contributed by atoms with Crippen molar-refractivity contribution < 1.29 is 0 Å². The fourth-order valence-corrected chi connectivity index (χ4v) is 2.28. The second-order valence-electron chi connectivity index (χ2n) is 4.61. The van der Waals surface area contributed by atoms with Crippen LogP contribution in [0.1, 0.15) is 78.1 Å². The van der Waals surface area contributed by atoms with Crippen molar-refractivity contribution >= 4 is 15.9 Å². The third kappa shape index (κ3) is 10.7. The maximum atomic E-state index is 3.49. The average Bonchev–Trinajstić information content (AvgIpc) is 2.31. The van der Waals surface area contributed by atoms with Crippen LogP contribution in [-0.4, -0.2) is 5.33 Å². The fraction of sp³-hybridized carbons (Fsp3) is 0.867. The quantitative estimate of drug-likeness (QED) is 0.239. The van der Waals surface area contributed by atoms with Crippen molar-refractivity contribution in [3.8, 4) is 0 Å². The van der Waals surface area contributed by atoms with E-state index in [4.69, 9.17) is 0 Å². The predicted octanol–water partition coefficient (Wildman–Crippen LogP) is 6.25. The number of alkyl halides is 1. The van der Waals surface area contributed by atoms with Crippen molar-refractivity contribution in [2.75, 3.05) is 5.33 Å². The van der Waals surface area contributed by atoms with E-state index in [-0.39, 0.29) is 0 Å². The number of hydrogen-bond donors (Lipinski definition) is 0. The molecule has 0 heterocycles. The van der Waals surface area contributed by atoms with Gasteiger partial charge in [-0.05, 0) is 38.5 Å². The van der Waals surface area contributed by atoms with Crippen molar-refractivity contribution in [1.82, 2.24) is 0 Å². The van der Waals surface area contributed by atoms with Crippen LogP contribution in [0.5, 0.6) is 0 Å². The summed E-state index contributed by atoms with van der Waals surface area (Å²) in [6.45, 7) is 4.55. The zero-order valence-electron chi connectivity index (χ0n) is 11.2. The first-order chi connectivity index (χ1) is 7.85. The van der Waals surface area contributed by atoms with Crippen molar-refractivity contribution in [3.05, 3.63) is 11.6 Å². The summed E-state index contributed by atoms with van der Waals surface area (Å²) in [4.78, 5) is 0. The summed E-state index contributed by atoms with van der Waals surface area (Å²) in [6, 6.07) is 0. The van der Waals surface area contributed by atoms with Gasteiger partial charge in [-0.15, -0.1) is 0 Å². The standard InChI is InChI=1S/C15H29Br/c1-3-5-11-15(12-6-4-2)13-9-7-8-10-14-16/h11H,3-10,12-14H2,1-2H3/b15-11+. The molecular weight excluding hydrogens is 260 g/mol. The van der Waals surface area contributed by atoms with Gasteiger partial charge in [0.05, 0.1) is 0 Å². The minimum atomic E-state index is 1.17. The minimum absolute atomic E-state index is 1.17. The molecule has 0 unspecified atom stereocenters. The summed E-state index contributed by atoms with van der Waals surface area (Å²) in [7, 11) is 0. The molecule has 0 aromatic heterocycles. The third-order valence-electron chi connectivity index (χ3n) is 2.95. The van der Waals surface area contributed by atoms with Crippen LogP contribution in [-0.2, 0) is 0 Å². The number of rotatable bonds is 11. The number of unbranched alkanes of at least 4 members (excludes halogenated alkanes) is 5. The monoisotopic (exact) mass is 288 g/mol. The lowest BCUT2D eigenvalue weighted by atomic mass is 10.00. The van der Waals surface area contributed by atoms with Crippen molar-refractivity contribution in [2.45, 2.75) is 78.1 Å². The molecule has 0 aromatic carbocycles. The highest BCUT2D eigenvalue weighted by Gasteiger charge is 1.97. The first-order valence-electron chi connectivity index (χ1n) is 7.09. The number of halogens is 1. The molecule has 0 saturated heterocycles. The van der Waals surface area contributed by atoms with Gasteiger partial charge in [-0.25, -0.2) is 0 Å². The average molecular weight is 289 g/mol. The molecule has 0 rings (SSSR count). The number of hydrogen-bond acceptors (Lipinski definition) is 0. The Hall–Kier alpha value is 0.220. The van der Waals surface area contributed by atoms with E-state index in [0.29, 0.717) is 0 Å². The van der Waals surface area contributed by atoms with Gasteiger partial charge in [-0.3, -0.25) is 0 Å². The molecule has 0 N–H and O–H groups in total. The summed E-state index contributed by atoms with van der Waals surface area (Å²) >= 11 is 3.49. The number of allylic oxidation sites excluding steroid dienone is 2. The van der Waals surface area contributed by atoms with E-state index in [1.54, 1.807) is 5.57 Å². The van der Waals surface area contributed by atoms with Gasteiger partial charge < -0.3 is 0 Å². The van der Waals surface area contributed by atoms with E-state index in [9.17, 15) is 0 Å². The lowest BCUT2D eigenvalue weighted by molar-refractivity contribution is 0.646. The molecule has 0 fully saturated rings. The van der Waals surface area contributed by atoms with Crippen LogP contribution < -0.4 is 0 Å². The molecule has 0 radical (unpaired) electrons. The summed E-state index contributed by atoms with van der Waals surface area (Å²) < 4.78 is 0. The fourth-order valence-electron chi connectivity index (χ4n) is 1.88. The van der Waals surface area contributed by atoms with Gasteiger partial charge in [0, 0.05) is 5.33 Å². The van der Waals surface area contributed by atoms with Gasteiger partial charge in [-0.1, -0.05) is 67.1 Å². The Morgan fingerprint density at radius 3 is 2.19 bits per heavy atom. The van der Waals surface area contributed by atoms with Crippen LogP contribution in [0.15, 0.2) is 11.6 Å². The first-order valence-corrected chi connectivity index (χ1v) is 8.21. The molecule has 0 spiro atoms. The molecule has 0 atom stereocenters. The predicted molar refractivity (Wildman–Crippen MR) is 79.4 cm³/mol. The second kappa shape index (κ2) is 13.3. The lowest BCUT2D eigenvalue weighted by Crippen LogP contribution is -1.87. The van der Waals surface area contributed by atoms with Gasteiger partial charge in [-0.2, -0.15) is 0 Å². The maximum Gasteiger partial charge on any atom is 0.00313 e. The highest BCUT2D eigenvalue weighted by Crippen LogP contribution is 2.17. The van der Waals surface area contributed by atoms with Gasteiger partial charge in [0.1, 0.15) is 0 Å². The van der Waals surface area contributed by atoms with Gasteiger partial charge in [0.2, 0.25) is 0 Å². The first kappa shape index (κ1) is 16.2. The SMILES string of the molecule is CCC/C=C(\CCCC)CCCCCCBr. The van der Waals surface area contributed by atoms with Crippen molar-refractivity contribution in [3.63, 3.8) is 0 Å². The maximum absolute atomic E-state index is 3.49. The molecule has 96 valence electrons. The van der Waals surface area contributed by atoms with Crippen molar-refractivity contribution in [1.29, 1.82) is 0 Å². The molecule has 0 aromatic rings. The molecular formula is C15H29Br. The topological polar surface area (TPSA) is 0 Å². The molecule has 0 amide bonds. The second-order valence-corrected chi connectivity index (χ2v) is 5.40. The van der Waals surface area contributed by atoms with Gasteiger partial charge in [0.25, 0.3) is 0 Å². The zero-order valence-corrected chi connectivity index (χ0v) is 12.8. The minimum Gasteiger partial charge on any atom is -0.0928 e. The Labute approximate surface area is 111 Å². The zero-order chi connectivity index (χ0) is 12.1.